The summed E-state index contributed by atoms with van der Waals surface area (Å²) < 4.78 is 22.5. The molecule has 2 aliphatic rings. The smallest absolute Gasteiger partial charge is 0.243 e. The van der Waals surface area contributed by atoms with E-state index in [0.717, 1.165) is 62.4 Å². The first-order valence-corrected chi connectivity index (χ1v) is 14.2. The first kappa shape index (κ1) is 26.0. The zero-order chi connectivity index (χ0) is 25.8. The minimum absolute atomic E-state index is 0.0614. The second-order valence-corrected chi connectivity index (χ2v) is 11.2. The molecule has 5 nitrogen and oxygen atoms in total. The van der Waals surface area contributed by atoms with E-state index in [1.165, 1.54) is 31.4 Å². The lowest BCUT2D eigenvalue weighted by atomic mass is 9.89. The van der Waals surface area contributed by atoms with Crippen LogP contribution < -0.4 is 10.1 Å². The minimum Gasteiger partial charge on any atom is -0.485 e. The summed E-state index contributed by atoms with van der Waals surface area (Å²) in [6, 6.07) is 9.99. The number of nitrogens with zero attached hydrogens (tertiary/aromatic N) is 2. The second-order valence-electron chi connectivity index (χ2n) is 10.8. The van der Waals surface area contributed by atoms with Gasteiger partial charge in [-0.15, -0.1) is 0 Å². The Morgan fingerprint density at radius 3 is 2.49 bits per heavy atom. The van der Waals surface area contributed by atoms with Crippen LogP contribution in [0.4, 0.5) is 4.39 Å². The molecule has 1 amide bonds. The number of benzene rings is 2. The predicted octanol–water partition coefficient (Wildman–Crippen LogP) is 7.68. The number of rotatable bonds is 7. The molecule has 1 heterocycles. The van der Waals surface area contributed by atoms with Gasteiger partial charge < -0.3 is 14.6 Å². The largest absolute Gasteiger partial charge is 0.485 e. The molecule has 3 aromatic rings. The topological polar surface area (TPSA) is 56.2 Å². The van der Waals surface area contributed by atoms with E-state index in [1.54, 1.807) is 12.1 Å². The van der Waals surface area contributed by atoms with Gasteiger partial charge in [0.25, 0.3) is 0 Å². The number of carbonyl (C=O) groups excluding carboxylic acids is 1. The van der Waals surface area contributed by atoms with Gasteiger partial charge in [0.05, 0.1) is 11.0 Å². The lowest BCUT2D eigenvalue weighted by Gasteiger charge is -2.31. The normalized spacial score (nSPS) is 18.5. The average Bonchev–Trinajstić information content (AvgIpc) is 3.03. The summed E-state index contributed by atoms with van der Waals surface area (Å²) in [7, 11) is 0. The predicted molar refractivity (Wildman–Crippen MR) is 145 cm³/mol. The van der Waals surface area contributed by atoms with Gasteiger partial charge in [-0.1, -0.05) is 56.5 Å². The molecule has 2 aliphatic carbocycles. The Kier molecular flexibility index (Phi) is 8.33. The third kappa shape index (κ3) is 6.11. The van der Waals surface area contributed by atoms with E-state index >= 15 is 0 Å². The Balaban J connectivity index is 1.53. The number of nitrogens with one attached hydrogen (secondary N) is 1. The first-order chi connectivity index (χ1) is 18.0. The number of aryl methyl sites for hydroxylation is 1. The molecule has 1 N–H and O–H groups in total. The van der Waals surface area contributed by atoms with Crippen molar-refractivity contribution in [1.82, 2.24) is 14.9 Å². The average molecular weight is 526 g/mol. The molecular weight excluding hydrogens is 489 g/mol. The Hall–Kier alpha value is -2.60. The lowest BCUT2D eigenvalue weighted by molar-refractivity contribution is -0.127. The van der Waals surface area contributed by atoms with Gasteiger partial charge in [0.2, 0.25) is 5.91 Å². The van der Waals surface area contributed by atoms with Crippen LogP contribution in [0.25, 0.3) is 11.0 Å². The van der Waals surface area contributed by atoms with E-state index in [2.05, 4.69) is 5.32 Å². The van der Waals surface area contributed by atoms with Crippen LogP contribution in [-0.4, -0.2) is 21.5 Å². The summed E-state index contributed by atoms with van der Waals surface area (Å²) in [5.41, 5.74) is 2.26. The quantitative estimate of drug-likeness (QED) is 0.322. The highest BCUT2D eigenvalue weighted by atomic mass is 35.5. The molecule has 0 saturated heterocycles. The molecule has 37 heavy (non-hydrogen) atoms. The SMILES string of the molecule is Cc1cc(Cl)ccc1OCc1nc2cc(F)ccc2n1C(C(=O)NC1CCCCC1)C1CCCCCC1. The van der Waals surface area contributed by atoms with Crippen LogP contribution in [0.1, 0.15) is 88.1 Å². The van der Waals surface area contributed by atoms with Crippen LogP contribution in [0.15, 0.2) is 36.4 Å². The van der Waals surface area contributed by atoms with Crippen LogP contribution in [0.3, 0.4) is 0 Å². The first-order valence-electron chi connectivity index (χ1n) is 13.9. The number of imidazole rings is 1. The van der Waals surface area contributed by atoms with Crippen molar-refractivity contribution in [3.8, 4) is 5.75 Å². The number of aromatic nitrogens is 2. The summed E-state index contributed by atoms with van der Waals surface area (Å²) in [6.45, 7) is 2.13. The highest BCUT2D eigenvalue weighted by Crippen LogP contribution is 2.36. The molecule has 0 bridgehead atoms. The third-order valence-corrected chi connectivity index (χ3v) is 8.30. The van der Waals surface area contributed by atoms with Crippen molar-refractivity contribution < 1.29 is 13.9 Å². The number of halogens is 2. The zero-order valence-electron chi connectivity index (χ0n) is 21.6. The third-order valence-electron chi connectivity index (χ3n) is 8.06. The maximum atomic E-state index is 14.2. The van der Waals surface area contributed by atoms with Crippen LogP contribution in [0.2, 0.25) is 5.02 Å². The van der Waals surface area contributed by atoms with Crippen molar-refractivity contribution in [1.29, 1.82) is 0 Å². The molecule has 1 atom stereocenters. The van der Waals surface area contributed by atoms with E-state index in [9.17, 15) is 9.18 Å². The number of carbonyl (C=O) groups is 1. The van der Waals surface area contributed by atoms with Crippen LogP contribution in [0, 0.1) is 18.7 Å². The maximum absolute atomic E-state index is 14.2. The van der Waals surface area contributed by atoms with Gasteiger partial charge in [-0.3, -0.25) is 4.79 Å². The fraction of sp³-hybridized carbons (Fsp3) is 0.533. The number of hydrogen-bond acceptors (Lipinski definition) is 3. The van der Waals surface area contributed by atoms with Gasteiger partial charge in [0, 0.05) is 17.1 Å². The molecular formula is C30H37ClFN3O2. The van der Waals surface area contributed by atoms with E-state index in [1.807, 2.05) is 23.6 Å². The Bertz CT molecular complexity index is 1230. The number of ether oxygens (including phenoxy) is 1. The van der Waals surface area contributed by atoms with Crippen molar-refractivity contribution in [2.45, 2.75) is 96.2 Å². The summed E-state index contributed by atoms with van der Waals surface area (Å²) in [5, 5.41) is 4.05. The number of fused-ring (bicyclic) bond motifs is 1. The fourth-order valence-corrected chi connectivity index (χ4v) is 6.38. The maximum Gasteiger partial charge on any atom is 0.243 e. The van der Waals surface area contributed by atoms with Crippen LogP contribution in [-0.2, 0) is 11.4 Å². The molecule has 1 unspecified atom stereocenters. The van der Waals surface area contributed by atoms with E-state index in [4.69, 9.17) is 21.3 Å². The van der Waals surface area contributed by atoms with Gasteiger partial charge in [-0.25, -0.2) is 9.37 Å². The summed E-state index contributed by atoms with van der Waals surface area (Å²) in [4.78, 5) is 18.9. The Morgan fingerprint density at radius 1 is 1.05 bits per heavy atom. The van der Waals surface area contributed by atoms with Crippen molar-refractivity contribution in [2.75, 3.05) is 0 Å². The van der Waals surface area contributed by atoms with Gasteiger partial charge >= 0.3 is 0 Å². The number of amides is 1. The lowest BCUT2D eigenvalue weighted by Crippen LogP contribution is -2.43. The number of hydrogen-bond donors (Lipinski definition) is 1. The standard InChI is InChI=1S/C30H37ClFN3O2/c1-20-17-22(31)13-16-27(20)37-19-28-34-25-18-23(32)14-15-26(25)35(28)29(21-9-5-2-3-6-10-21)30(36)33-24-11-7-4-8-12-24/h13-18,21,24,29H,2-12,19H2,1H3,(H,33,36). The molecule has 7 heteroatoms. The van der Waals surface area contributed by atoms with Crippen molar-refractivity contribution >= 4 is 28.5 Å². The molecule has 0 aliphatic heterocycles. The molecule has 0 radical (unpaired) electrons. The van der Waals surface area contributed by atoms with Crippen LogP contribution >= 0.6 is 11.6 Å². The van der Waals surface area contributed by atoms with Crippen molar-refractivity contribution in [3.05, 3.63) is 58.6 Å². The molecule has 1 aromatic heterocycles. The molecule has 2 fully saturated rings. The van der Waals surface area contributed by atoms with Gasteiger partial charge in [-0.2, -0.15) is 0 Å². The molecule has 5 rings (SSSR count). The summed E-state index contributed by atoms with van der Waals surface area (Å²) in [6.07, 6.45) is 12.3. The Morgan fingerprint density at radius 2 is 1.76 bits per heavy atom. The van der Waals surface area contributed by atoms with E-state index in [-0.39, 0.29) is 30.3 Å². The van der Waals surface area contributed by atoms with Crippen molar-refractivity contribution in [3.63, 3.8) is 0 Å². The monoisotopic (exact) mass is 525 g/mol. The highest BCUT2D eigenvalue weighted by molar-refractivity contribution is 6.30. The van der Waals surface area contributed by atoms with Gasteiger partial charge in [0.15, 0.2) is 0 Å². The fourth-order valence-electron chi connectivity index (χ4n) is 6.15. The van der Waals surface area contributed by atoms with Crippen molar-refractivity contribution in [2.24, 2.45) is 5.92 Å². The second kappa shape index (κ2) is 11.8. The zero-order valence-corrected chi connectivity index (χ0v) is 22.4. The molecule has 2 aromatic carbocycles. The van der Waals surface area contributed by atoms with Gasteiger partial charge in [0.1, 0.15) is 30.0 Å². The summed E-state index contributed by atoms with van der Waals surface area (Å²) in [5.74, 6) is 1.28. The van der Waals surface area contributed by atoms with Gasteiger partial charge in [-0.05, 0) is 74.4 Å². The highest BCUT2D eigenvalue weighted by Gasteiger charge is 2.35. The Labute approximate surface area is 223 Å². The molecule has 2 saturated carbocycles. The van der Waals surface area contributed by atoms with Crippen LogP contribution in [0.5, 0.6) is 5.75 Å². The summed E-state index contributed by atoms with van der Waals surface area (Å²) >= 11 is 6.13. The van der Waals surface area contributed by atoms with E-state index < -0.39 is 6.04 Å². The molecule has 0 spiro atoms. The van der Waals surface area contributed by atoms with E-state index in [0.29, 0.717) is 22.1 Å². The minimum atomic E-state index is -0.402. The molecule has 198 valence electrons.